The van der Waals surface area contributed by atoms with Gasteiger partial charge in [0.1, 0.15) is 11.6 Å². The number of carbonyl (C=O) groups excluding carboxylic acids is 1. The topological polar surface area (TPSA) is 57.4 Å². The highest BCUT2D eigenvalue weighted by Gasteiger charge is 2.35. The Kier molecular flexibility index (Phi) is 5.68. The van der Waals surface area contributed by atoms with Crippen molar-refractivity contribution in [3.63, 3.8) is 0 Å². The van der Waals surface area contributed by atoms with Crippen molar-refractivity contribution in [1.82, 2.24) is 9.88 Å². The van der Waals surface area contributed by atoms with Crippen LogP contribution in [0.5, 0.6) is 5.75 Å². The van der Waals surface area contributed by atoms with Crippen LogP contribution in [0.2, 0.25) is 5.02 Å². The molecule has 33 heavy (non-hydrogen) atoms. The Bertz CT molecular complexity index is 1320. The Morgan fingerprint density at radius 2 is 1.97 bits per heavy atom. The van der Waals surface area contributed by atoms with Crippen LogP contribution in [0.25, 0.3) is 10.9 Å². The second-order valence-electron chi connectivity index (χ2n) is 7.96. The lowest BCUT2D eigenvalue weighted by Crippen LogP contribution is -2.43. The van der Waals surface area contributed by atoms with Gasteiger partial charge in [-0.3, -0.25) is 0 Å². The fraction of sp³-hybridized carbons (Fsp3) is 0.192. The highest BCUT2D eigenvalue weighted by Crippen LogP contribution is 2.39. The minimum absolute atomic E-state index is 0.251. The number of anilines is 1. The third-order valence-electron chi connectivity index (χ3n) is 5.96. The molecule has 5 rings (SSSR count). The third-order valence-corrected chi connectivity index (χ3v) is 6.20. The summed E-state index contributed by atoms with van der Waals surface area (Å²) in [5.74, 6) is 0.296. The van der Waals surface area contributed by atoms with Gasteiger partial charge in [0.05, 0.1) is 18.3 Å². The molecule has 0 radical (unpaired) electrons. The zero-order chi connectivity index (χ0) is 22.9. The number of ether oxygens (including phenoxy) is 1. The predicted molar refractivity (Wildman–Crippen MR) is 129 cm³/mol. The lowest BCUT2D eigenvalue weighted by Gasteiger charge is -2.36. The summed E-state index contributed by atoms with van der Waals surface area (Å²) in [5, 5.41) is 4.71. The zero-order valence-electron chi connectivity index (χ0n) is 18.1. The summed E-state index contributed by atoms with van der Waals surface area (Å²) in [6.07, 6.45) is 0.675. The zero-order valence-corrected chi connectivity index (χ0v) is 18.8. The molecule has 1 aliphatic heterocycles. The summed E-state index contributed by atoms with van der Waals surface area (Å²) in [7, 11) is 0. The molecule has 2 heterocycles. The number of urea groups is 1. The number of nitrogens with one attached hydrogen (secondary N) is 2. The van der Waals surface area contributed by atoms with E-state index in [0.717, 1.165) is 27.7 Å². The Morgan fingerprint density at radius 1 is 1.18 bits per heavy atom. The van der Waals surface area contributed by atoms with Crippen molar-refractivity contribution >= 4 is 34.2 Å². The average molecular weight is 464 g/mol. The van der Waals surface area contributed by atoms with Crippen LogP contribution in [0, 0.1) is 5.82 Å². The minimum Gasteiger partial charge on any atom is -0.492 e. The highest BCUT2D eigenvalue weighted by molar-refractivity contribution is 6.31. The molecule has 5 nitrogen and oxygen atoms in total. The molecule has 4 aromatic rings. The van der Waals surface area contributed by atoms with Gasteiger partial charge in [-0.1, -0.05) is 35.9 Å². The maximum atomic E-state index is 13.7. The summed E-state index contributed by atoms with van der Waals surface area (Å²) < 4.78 is 19.4. The van der Waals surface area contributed by atoms with E-state index in [0.29, 0.717) is 36.0 Å². The van der Waals surface area contributed by atoms with Gasteiger partial charge < -0.3 is 19.9 Å². The number of aromatic amines is 1. The molecule has 0 aliphatic carbocycles. The van der Waals surface area contributed by atoms with E-state index in [9.17, 15) is 9.18 Å². The lowest BCUT2D eigenvalue weighted by molar-refractivity contribution is 0.193. The van der Waals surface area contributed by atoms with Crippen LogP contribution in [0.3, 0.4) is 0 Å². The Labute approximate surface area is 196 Å². The first kappa shape index (κ1) is 21.3. The molecule has 1 atom stereocenters. The number of halogens is 2. The highest BCUT2D eigenvalue weighted by atomic mass is 35.5. The van der Waals surface area contributed by atoms with E-state index in [1.54, 1.807) is 17.0 Å². The van der Waals surface area contributed by atoms with Gasteiger partial charge in [-0.05, 0) is 66.9 Å². The van der Waals surface area contributed by atoms with Crippen LogP contribution in [0.4, 0.5) is 14.9 Å². The van der Waals surface area contributed by atoms with E-state index < -0.39 is 6.04 Å². The Morgan fingerprint density at radius 3 is 2.76 bits per heavy atom. The van der Waals surface area contributed by atoms with Gasteiger partial charge in [-0.2, -0.15) is 0 Å². The van der Waals surface area contributed by atoms with Crippen molar-refractivity contribution in [2.24, 2.45) is 0 Å². The first-order valence-electron chi connectivity index (χ1n) is 10.9. The largest absolute Gasteiger partial charge is 0.492 e. The van der Waals surface area contributed by atoms with E-state index in [1.165, 1.54) is 12.1 Å². The van der Waals surface area contributed by atoms with Crippen LogP contribution < -0.4 is 10.1 Å². The van der Waals surface area contributed by atoms with Gasteiger partial charge in [0.15, 0.2) is 0 Å². The molecule has 3 aromatic carbocycles. The Hall–Kier alpha value is -3.51. The monoisotopic (exact) mass is 463 g/mol. The molecule has 1 aliphatic rings. The second kappa shape index (κ2) is 8.79. The smallest absolute Gasteiger partial charge is 0.322 e. The molecule has 2 N–H and O–H groups in total. The number of hydrogen-bond donors (Lipinski definition) is 2. The predicted octanol–water partition coefficient (Wildman–Crippen LogP) is 6.54. The molecule has 0 fully saturated rings. The third kappa shape index (κ3) is 4.02. The van der Waals surface area contributed by atoms with Gasteiger partial charge in [0, 0.05) is 28.2 Å². The number of nitrogens with zero attached hydrogens (tertiary/aromatic N) is 1. The number of rotatable bonds is 4. The van der Waals surface area contributed by atoms with Crippen molar-refractivity contribution < 1.29 is 13.9 Å². The molecular weight excluding hydrogens is 441 g/mol. The van der Waals surface area contributed by atoms with Crippen molar-refractivity contribution in [2.75, 3.05) is 18.5 Å². The van der Waals surface area contributed by atoms with Crippen LogP contribution in [-0.2, 0) is 6.42 Å². The molecule has 0 spiro atoms. The van der Waals surface area contributed by atoms with Gasteiger partial charge in [-0.15, -0.1) is 0 Å². The number of aromatic nitrogens is 1. The second-order valence-corrected chi connectivity index (χ2v) is 8.40. The normalized spacial score (nSPS) is 15.4. The summed E-state index contributed by atoms with van der Waals surface area (Å²) in [5.41, 5.74) is 4.43. The summed E-state index contributed by atoms with van der Waals surface area (Å²) >= 11 is 6.26. The molecule has 0 saturated carbocycles. The lowest BCUT2D eigenvalue weighted by atomic mass is 9.92. The fourth-order valence-electron chi connectivity index (χ4n) is 4.51. The summed E-state index contributed by atoms with van der Waals surface area (Å²) in [6, 6.07) is 18.7. The maximum absolute atomic E-state index is 13.7. The standard InChI is InChI=1S/C26H23ClFN3O2/c1-2-33-23-6-4-3-5-22(23)30-26(32)31-14-13-19-20-15-17(27)9-12-21(20)29-24(19)25(31)16-7-10-18(28)11-8-16/h3-12,15,25,29H,2,13-14H2,1H3,(H,30,32). The SMILES string of the molecule is CCOc1ccccc1NC(=O)N1CCc2c([nH]c3ccc(Cl)cc23)C1c1ccc(F)cc1. The number of hydrogen-bond acceptors (Lipinski definition) is 2. The minimum atomic E-state index is -0.403. The molecule has 168 valence electrons. The summed E-state index contributed by atoms with van der Waals surface area (Å²) in [6.45, 7) is 2.89. The van der Waals surface area contributed by atoms with E-state index >= 15 is 0 Å². The summed E-state index contributed by atoms with van der Waals surface area (Å²) in [4.78, 5) is 18.8. The number of para-hydroxylation sites is 2. The Balaban J connectivity index is 1.56. The van der Waals surface area contributed by atoms with Gasteiger partial charge >= 0.3 is 6.03 Å². The van der Waals surface area contributed by atoms with E-state index in [4.69, 9.17) is 16.3 Å². The van der Waals surface area contributed by atoms with Crippen LogP contribution in [-0.4, -0.2) is 29.1 Å². The van der Waals surface area contributed by atoms with Crippen LogP contribution in [0.15, 0.2) is 66.7 Å². The van der Waals surface area contributed by atoms with Gasteiger partial charge in [0.2, 0.25) is 0 Å². The first-order chi connectivity index (χ1) is 16.0. The van der Waals surface area contributed by atoms with Crippen molar-refractivity contribution in [1.29, 1.82) is 0 Å². The first-order valence-corrected chi connectivity index (χ1v) is 11.3. The average Bonchev–Trinajstić information content (AvgIpc) is 3.18. The van der Waals surface area contributed by atoms with Gasteiger partial charge in [-0.25, -0.2) is 9.18 Å². The molecule has 0 bridgehead atoms. The molecule has 1 aromatic heterocycles. The molecule has 7 heteroatoms. The van der Waals surface area contributed by atoms with Crippen molar-refractivity contribution in [3.05, 3.63) is 94.4 Å². The van der Waals surface area contributed by atoms with Gasteiger partial charge in [0.25, 0.3) is 0 Å². The van der Waals surface area contributed by atoms with E-state index in [2.05, 4.69) is 10.3 Å². The van der Waals surface area contributed by atoms with Crippen molar-refractivity contribution in [2.45, 2.75) is 19.4 Å². The number of amides is 2. The van der Waals surface area contributed by atoms with Crippen LogP contribution >= 0.6 is 11.6 Å². The van der Waals surface area contributed by atoms with E-state index in [-0.39, 0.29) is 11.8 Å². The maximum Gasteiger partial charge on any atom is 0.322 e. The van der Waals surface area contributed by atoms with E-state index in [1.807, 2.05) is 49.4 Å². The molecular formula is C26H23ClFN3O2. The van der Waals surface area contributed by atoms with Crippen molar-refractivity contribution in [3.8, 4) is 5.75 Å². The number of fused-ring (bicyclic) bond motifs is 3. The molecule has 1 unspecified atom stereocenters. The van der Waals surface area contributed by atoms with Crippen LogP contribution in [0.1, 0.15) is 29.8 Å². The quantitative estimate of drug-likeness (QED) is 0.361. The number of benzene rings is 3. The number of H-pyrrole nitrogens is 1. The number of carbonyl (C=O) groups is 1. The molecule has 2 amide bonds. The molecule has 0 saturated heterocycles. The fourth-order valence-corrected chi connectivity index (χ4v) is 4.68.